The highest BCUT2D eigenvalue weighted by Crippen LogP contribution is 2.30. The van der Waals surface area contributed by atoms with Gasteiger partial charge in [-0.25, -0.2) is 9.37 Å². The molecule has 0 saturated heterocycles. The Balaban J connectivity index is 1.92. The molecular weight excluding hydrogens is 343 g/mol. The molecule has 0 spiro atoms. The largest absolute Gasteiger partial charge is 0.383 e. The summed E-state index contributed by atoms with van der Waals surface area (Å²) in [6.45, 7) is 9.77. The van der Waals surface area contributed by atoms with E-state index < -0.39 is 5.82 Å². The van der Waals surface area contributed by atoms with Gasteiger partial charge in [0.05, 0.1) is 21.9 Å². The number of hydrogen-bond donors (Lipinski definition) is 1. The number of nitrogens with zero attached hydrogens (tertiary/aromatic N) is 3. The van der Waals surface area contributed by atoms with Crippen LogP contribution in [0.3, 0.4) is 0 Å². The molecule has 0 saturated carbocycles. The van der Waals surface area contributed by atoms with E-state index in [1.54, 1.807) is 6.07 Å². The van der Waals surface area contributed by atoms with E-state index in [-0.39, 0.29) is 5.43 Å². The summed E-state index contributed by atoms with van der Waals surface area (Å²) in [5, 5.41) is 4.36. The predicted octanol–water partition coefficient (Wildman–Crippen LogP) is 3.64. The van der Waals surface area contributed by atoms with Crippen molar-refractivity contribution in [3.8, 4) is 0 Å². The van der Waals surface area contributed by atoms with Crippen molar-refractivity contribution >= 4 is 33.0 Å². The number of aromatic nitrogens is 2. The Bertz CT molecular complexity index is 1180. The summed E-state index contributed by atoms with van der Waals surface area (Å²) < 4.78 is 15.8. The average Bonchev–Trinajstić information content (AvgIpc) is 3.00. The molecule has 27 heavy (non-hydrogen) atoms. The number of benzene rings is 2. The van der Waals surface area contributed by atoms with Gasteiger partial charge in [-0.3, -0.25) is 9.20 Å². The van der Waals surface area contributed by atoms with E-state index in [9.17, 15) is 9.18 Å². The molecule has 0 aliphatic carbocycles. The molecule has 2 aromatic carbocycles. The van der Waals surface area contributed by atoms with Crippen molar-refractivity contribution in [3.63, 3.8) is 0 Å². The van der Waals surface area contributed by atoms with Crippen molar-refractivity contribution in [2.45, 2.75) is 20.8 Å². The lowest BCUT2D eigenvalue weighted by molar-refractivity contribution is 0.316. The maximum Gasteiger partial charge on any atom is 0.199 e. The molecule has 5 nitrogen and oxygen atoms in total. The number of hydrogen-bond acceptors (Lipinski definition) is 4. The number of imidazole rings is 1. The Hall–Kier alpha value is -2.73. The van der Waals surface area contributed by atoms with E-state index in [1.165, 1.54) is 12.1 Å². The van der Waals surface area contributed by atoms with E-state index in [0.717, 1.165) is 48.7 Å². The second-order valence-corrected chi connectivity index (χ2v) is 6.79. The van der Waals surface area contributed by atoms with E-state index in [2.05, 4.69) is 29.0 Å². The third-order valence-corrected chi connectivity index (χ3v) is 5.30. The molecule has 0 bridgehead atoms. The quantitative estimate of drug-likeness (QED) is 0.529. The summed E-state index contributed by atoms with van der Waals surface area (Å²) >= 11 is 0. The smallest absolute Gasteiger partial charge is 0.199 e. The van der Waals surface area contributed by atoms with Crippen LogP contribution in [0.1, 0.15) is 19.7 Å². The first-order valence-corrected chi connectivity index (χ1v) is 9.38. The number of aryl methyl sites for hydroxylation is 1. The van der Waals surface area contributed by atoms with Gasteiger partial charge in [-0.1, -0.05) is 13.8 Å². The molecule has 4 rings (SSSR count). The predicted molar refractivity (Wildman–Crippen MR) is 109 cm³/mol. The molecule has 0 unspecified atom stereocenters. The third kappa shape index (κ3) is 2.80. The zero-order valence-corrected chi connectivity index (χ0v) is 15.8. The lowest BCUT2D eigenvalue weighted by atomic mass is 10.1. The molecule has 140 valence electrons. The van der Waals surface area contributed by atoms with Crippen LogP contribution in [0, 0.1) is 12.7 Å². The molecule has 0 atom stereocenters. The normalized spacial score (nSPS) is 12.0. The lowest BCUT2D eigenvalue weighted by Gasteiger charge is -2.19. The summed E-state index contributed by atoms with van der Waals surface area (Å²) in [5.74, 6) is 0.374. The SMILES string of the molecule is CCN(CC)CCNc1ccc2nc(C)n3c4ccc(F)cc4c(=O)c1c23. The van der Waals surface area contributed by atoms with Crippen LogP contribution in [0.5, 0.6) is 0 Å². The topological polar surface area (TPSA) is 49.6 Å². The monoisotopic (exact) mass is 366 g/mol. The maximum atomic E-state index is 13.8. The molecule has 6 heteroatoms. The van der Waals surface area contributed by atoms with Crippen LogP contribution >= 0.6 is 0 Å². The Morgan fingerprint density at radius 2 is 1.96 bits per heavy atom. The van der Waals surface area contributed by atoms with E-state index in [1.807, 2.05) is 23.5 Å². The molecule has 0 radical (unpaired) electrons. The Morgan fingerprint density at radius 3 is 2.70 bits per heavy atom. The molecule has 0 aliphatic heterocycles. The van der Waals surface area contributed by atoms with Gasteiger partial charge in [-0.05, 0) is 50.3 Å². The third-order valence-electron chi connectivity index (χ3n) is 5.30. The highest BCUT2D eigenvalue weighted by atomic mass is 19.1. The van der Waals surface area contributed by atoms with E-state index in [0.29, 0.717) is 16.3 Å². The van der Waals surface area contributed by atoms with Crippen LogP contribution < -0.4 is 10.7 Å². The molecule has 1 N–H and O–H groups in total. The minimum atomic E-state index is -0.411. The number of pyridine rings is 1. The van der Waals surface area contributed by atoms with Crippen molar-refractivity contribution in [1.29, 1.82) is 0 Å². The van der Waals surface area contributed by atoms with E-state index >= 15 is 0 Å². The highest BCUT2D eigenvalue weighted by molar-refractivity contribution is 6.07. The summed E-state index contributed by atoms with van der Waals surface area (Å²) in [4.78, 5) is 20.1. The van der Waals surface area contributed by atoms with Gasteiger partial charge in [0.25, 0.3) is 0 Å². The van der Waals surface area contributed by atoms with Gasteiger partial charge >= 0.3 is 0 Å². The maximum absolute atomic E-state index is 13.8. The van der Waals surface area contributed by atoms with Crippen molar-refractivity contribution in [2.24, 2.45) is 0 Å². The fourth-order valence-corrected chi connectivity index (χ4v) is 3.86. The lowest BCUT2D eigenvalue weighted by Crippen LogP contribution is -2.28. The van der Waals surface area contributed by atoms with Crippen LogP contribution in [0.4, 0.5) is 10.1 Å². The van der Waals surface area contributed by atoms with Crippen LogP contribution in [0.25, 0.3) is 27.3 Å². The van der Waals surface area contributed by atoms with Gasteiger partial charge in [0.1, 0.15) is 11.6 Å². The molecule has 2 heterocycles. The fraction of sp³-hybridized carbons (Fsp3) is 0.333. The Labute approximate surface area is 156 Å². The summed E-state index contributed by atoms with van der Waals surface area (Å²) in [6.07, 6.45) is 0. The van der Waals surface area contributed by atoms with Crippen LogP contribution in [-0.4, -0.2) is 40.5 Å². The number of fused-ring (bicyclic) bond motifs is 2. The van der Waals surface area contributed by atoms with Gasteiger partial charge < -0.3 is 10.2 Å². The molecule has 2 aromatic heterocycles. The van der Waals surface area contributed by atoms with Crippen LogP contribution in [-0.2, 0) is 0 Å². The van der Waals surface area contributed by atoms with Gasteiger partial charge in [0, 0.05) is 24.2 Å². The minimum absolute atomic E-state index is 0.159. The van der Waals surface area contributed by atoms with Gasteiger partial charge in [-0.2, -0.15) is 0 Å². The van der Waals surface area contributed by atoms with Crippen LogP contribution in [0.2, 0.25) is 0 Å². The molecule has 0 aliphatic rings. The fourth-order valence-electron chi connectivity index (χ4n) is 3.86. The first-order valence-electron chi connectivity index (χ1n) is 9.38. The number of likely N-dealkylation sites (N-methyl/N-ethyl adjacent to an activating group) is 1. The first kappa shape index (κ1) is 17.7. The summed E-state index contributed by atoms with van der Waals surface area (Å²) in [5.41, 5.74) is 2.88. The molecular formula is C21H23FN4O. The highest BCUT2D eigenvalue weighted by Gasteiger charge is 2.18. The zero-order valence-electron chi connectivity index (χ0n) is 15.8. The second-order valence-electron chi connectivity index (χ2n) is 6.79. The van der Waals surface area contributed by atoms with Gasteiger partial charge in [0.15, 0.2) is 5.43 Å². The second kappa shape index (κ2) is 6.78. The Morgan fingerprint density at radius 1 is 1.19 bits per heavy atom. The van der Waals surface area contributed by atoms with Crippen LogP contribution in [0.15, 0.2) is 35.1 Å². The Kier molecular flexibility index (Phi) is 4.44. The van der Waals surface area contributed by atoms with Crippen molar-refractivity contribution in [1.82, 2.24) is 14.3 Å². The van der Waals surface area contributed by atoms with Crippen molar-refractivity contribution in [2.75, 3.05) is 31.5 Å². The minimum Gasteiger partial charge on any atom is -0.383 e. The summed E-state index contributed by atoms with van der Waals surface area (Å²) in [6, 6.07) is 8.19. The number of rotatable bonds is 6. The van der Waals surface area contributed by atoms with Crippen molar-refractivity contribution < 1.29 is 4.39 Å². The molecule has 0 fully saturated rings. The zero-order chi connectivity index (χ0) is 19.1. The average molecular weight is 366 g/mol. The molecule has 0 amide bonds. The summed E-state index contributed by atoms with van der Waals surface area (Å²) in [7, 11) is 0. The standard InChI is InChI=1S/C21H23FN4O/c1-4-25(5-2)11-10-23-16-7-8-17-20-19(16)21(27)15-12-14(22)6-9-18(15)26(20)13(3)24-17/h6-9,12,23H,4-5,10-11H2,1-3H3. The number of halogens is 1. The number of anilines is 1. The van der Waals surface area contributed by atoms with E-state index in [4.69, 9.17) is 0 Å². The number of nitrogens with one attached hydrogen (secondary N) is 1. The molecule has 4 aromatic rings. The first-order chi connectivity index (χ1) is 13.0. The van der Waals surface area contributed by atoms with Gasteiger partial charge in [-0.15, -0.1) is 0 Å². The van der Waals surface area contributed by atoms with Gasteiger partial charge in [0.2, 0.25) is 0 Å². The van der Waals surface area contributed by atoms with Crippen molar-refractivity contribution in [3.05, 3.63) is 52.2 Å².